The van der Waals surface area contributed by atoms with Crippen molar-refractivity contribution < 1.29 is 9.59 Å². The topological polar surface area (TPSA) is 46.2 Å². The normalized spacial score (nSPS) is 18.0. The van der Waals surface area contributed by atoms with E-state index in [1.807, 2.05) is 43.3 Å². The van der Waals surface area contributed by atoms with Gasteiger partial charge in [0, 0.05) is 39.4 Å². The van der Waals surface area contributed by atoms with Crippen LogP contribution in [-0.2, 0) is 9.59 Å². The Bertz CT molecular complexity index is 1050. The van der Waals surface area contributed by atoms with Gasteiger partial charge in [0.2, 0.25) is 0 Å². The lowest BCUT2D eigenvalue weighted by Gasteiger charge is -2.30. The largest absolute Gasteiger partial charge is 0.362 e. The van der Waals surface area contributed by atoms with Crippen LogP contribution < -0.4 is 5.32 Å². The molecule has 0 radical (unpaired) electrons. The number of halogens is 2. The minimum absolute atomic E-state index is 0.0463. The smallest absolute Gasteiger partial charge is 0.161 e. The minimum Gasteiger partial charge on any atom is -0.362 e. The number of rotatable bonds is 3. The first-order valence-electron chi connectivity index (χ1n) is 10.2. The maximum absolute atomic E-state index is 12.2. The van der Waals surface area contributed by atoms with Gasteiger partial charge >= 0.3 is 0 Å². The van der Waals surface area contributed by atoms with Crippen LogP contribution in [0.4, 0.5) is 0 Å². The van der Waals surface area contributed by atoms with Gasteiger partial charge in [-0.2, -0.15) is 0 Å². The molecule has 0 bridgehead atoms. The van der Waals surface area contributed by atoms with E-state index in [2.05, 4.69) is 11.4 Å². The molecule has 31 heavy (non-hydrogen) atoms. The molecule has 3 nitrogen and oxygen atoms in total. The number of ketones is 2. The van der Waals surface area contributed by atoms with E-state index < -0.39 is 0 Å². The van der Waals surface area contributed by atoms with E-state index in [-0.39, 0.29) is 17.5 Å². The second-order valence-electron chi connectivity index (χ2n) is 7.67. The van der Waals surface area contributed by atoms with Gasteiger partial charge in [0.25, 0.3) is 0 Å². The molecule has 160 valence electrons. The molecule has 0 amide bonds. The third kappa shape index (κ3) is 6.43. The van der Waals surface area contributed by atoms with Crippen molar-refractivity contribution in [2.24, 2.45) is 0 Å². The highest BCUT2D eigenvalue weighted by molar-refractivity contribution is 6.30. The predicted molar refractivity (Wildman–Crippen MR) is 128 cm³/mol. The van der Waals surface area contributed by atoms with Crippen LogP contribution >= 0.6 is 23.2 Å². The monoisotopic (exact) mass is 453 g/mol. The van der Waals surface area contributed by atoms with Crippen LogP contribution in [0.1, 0.15) is 50.2 Å². The number of carbonyl (C=O) groups is 2. The van der Waals surface area contributed by atoms with Crippen LogP contribution in [0.3, 0.4) is 0 Å². The SMILES string of the molecule is CC(=O)C=Cc1ccc(Cl)cc1.CC1=CC(c2ccc(Cl)cc2)C2=C(CCCC2=O)N1. The fraction of sp³-hybridized carbons (Fsp3) is 0.231. The second kappa shape index (κ2) is 10.6. The number of allylic oxidation sites excluding steroid dienone is 5. The quantitative estimate of drug-likeness (QED) is 0.515. The molecule has 0 spiro atoms. The van der Waals surface area contributed by atoms with Gasteiger partial charge in [-0.05, 0) is 68.2 Å². The summed E-state index contributed by atoms with van der Waals surface area (Å²) in [6.45, 7) is 3.57. The minimum atomic E-state index is 0.0463. The summed E-state index contributed by atoms with van der Waals surface area (Å²) in [6.07, 6.45) is 8.01. The lowest BCUT2D eigenvalue weighted by Crippen LogP contribution is -2.28. The maximum Gasteiger partial charge on any atom is 0.161 e. The van der Waals surface area contributed by atoms with E-state index >= 15 is 0 Å². The Balaban J connectivity index is 0.000000196. The number of carbonyl (C=O) groups excluding carboxylic acids is 2. The Hall–Kier alpha value is -2.62. The standard InChI is InChI=1S/C16H16ClNO.C10H9ClO/c1-10-9-13(11-5-7-12(17)8-6-11)16-14(18-10)3-2-4-15(16)19;1-8(12)2-3-9-4-6-10(11)7-5-9/h5-9,13,18H,2-4H2,1H3;2-7H,1H3. The zero-order valence-corrected chi connectivity index (χ0v) is 19.1. The molecule has 5 heteroatoms. The van der Waals surface area contributed by atoms with Gasteiger partial charge in [0.15, 0.2) is 11.6 Å². The second-order valence-corrected chi connectivity index (χ2v) is 8.54. The molecule has 0 aromatic heterocycles. The molecule has 2 aliphatic rings. The summed E-state index contributed by atoms with van der Waals surface area (Å²) in [5.74, 6) is 0.392. The molecule has 1 aliphatic carbocycles. The van der Waals surface area contributed by atoms with Crippen LogP contribution in [0, 0.1) is 0 Å². The number of hydrogen-bond donors (Lipinski definition) is 1. The molecule has 1 unspecified atom stereocenters. The molecule has 0 fully saturated rings. The third-order valence-corrected chi connectivity index (χ3v) is 5.65. The molecule has 1 atom stereocenters. The van der Waals surface area contributed by atoms with Gasteiger partial charge in [-0.3, -0.25) is 9.59 Å². The molecule has 1 aliphatic heterocycles. The van der Waals surface area contributed by atoms with Crippen molar-refractivity contribution in [2.45, 2.75) is 39.0 Å². The lowest BCUT2D eigenvalue weighted by molar-refractivity contribution is -0.116. The number of Topliss-reactive ketones (excluding diaryl/α,β-unsaturated/α-hetero) is 1. The van der Waals surface area contributed by atoms with E-state index in [1.165, 1.54) is 13.0 Å². The zero-order chi connectivity index (χ0) is 22.4. The number of hydrogen-bond acceptors (Lipinski definition) is 3. The summed E-state index contributed by atoms with van der Waals surface area (Å²) in [6, 6.07) is 15.1. The first-order chi connectivity index (χ1) is 14.8. The van der Waals surface area contributed by atoms with Crippen LogP contribution in [0.15, 0.2) is 77.7 Å². The highest BCUT2D eigenvalue weighted by Gasteiger charge is 2.30. The van der Waals surface area contributed by atoms with Crippen molar-refractivity contribution in [1.82, 2.24) is 5.32 Å². The molecule has 2 aromatic carbocycles. The van der Waals surface area contributed by atoms with Crippen molar-refractivity contribution >= 4 is 40.8 Å². The van der Waals surface area contributed by atoms with Crippen LogP contribution in [-0.4, -0.2) is 11.6 Å². The highest BCUT2D eigenvalue weighted by Crippen LogP contribution is 2.37. The van der Waals surface area contributed by atoms with Crippen LogP contribution in [0.2, 0.25) is 10.0 Å². The lowest BCUT2D eigenvalue weighted by atomic mass is 9.80. The molecule has 2 aromatic rings. The van der Waals surface area contributed by atoms with E-state index in [0.29, 0.717) is 11.4 Å². The van der Waals surface area contributed by atoms with Gasteiger partial charge in [-0.15, -0.1) is 0 Å². The Morgan fingerprint density at radius 2 is 1.61 bits per heavy atom. The Morgan fingerprint density at radius 3 is 2.23 bits per heavy atom. The summed E-state index contributed by atoms with van der Waals surface area (Å²) >= 11 is 11.6. The van der Waals surface area contributed by atoms with E-state index in [0.717, 1.165) is 46.0 Å². The fourth-order valence-electron chi connectivity index (χ4n) is 3.69. The molecule has 1 heterocycles. The number of nitrogens with one attached hydrogen (secondary N) is 1. The van der Waals surface area contributed by atoms with Crippen molar-refractivity contribution in [3.8, 4) is 0 Å². The van der Waals surface area contributed by atoms with Gasteiger partial charge in [0.05, 0.1) is 0 Å². The first-order valence-corrected chi connectivity index (χ1v) is 11.0. The number of dihydropyridines is 1. The molecular weight excluding hydrogens is 429 g/mol. The molecule has 0 saturated heterocycles. The van der Waals surface area contributed by atoms with Crippen molar-refractivity contribution in [1.29, 1.82) is 0 Å². The van der Waals surface area contributed by atoms with E-state index in [4.69, 9.17) is 23.2 Å². The van der Waals surface area contributed by atoms with Crippen LogP contribution in [0.5, 0.6) is 0 Å². The average Bonchev–Trinajstić information content (AvgIpc) is 2.74. The van der Waals surface area contributed by atoms with Gasteiger partial charge in [0.1, 0.15) is 0 Å². The van der Waals surface area contributed by atoms with Crippen molar-refractivity contribution in [3.05, 3.63) is 98.8 Å². The van der Waals surface area contributed by atoms with Gasteiger partial charge < -0.3 is 5.32 Å². The van der Waals surface area contributed by atoms with E-state index in [1.54, 1.807) is 18.2 Å². The highest BCUT2D eigenvalue weighted by atomic mass is 35.5. The third-order valence-electron chi connectivity index (χ3n) is 5.14. The summed E-state index contributed by atoms with van der Waals surface area (Å²) in [5.41, 5.74) is 5.28. The number of benzene rings is 2. The van der Waals surface area contributed by atoms with Gasteiger partial charge in [-0.25, -0.2) is 0 Å². The summed E-state index contributed by atoms with van der Waals surface area (Å²) < 4.78 is 0. The maximum atomic E-state index is 12.2. The first kappa shape index (κ1) is 23.1. The molecule has 4 rings (SSSR count). The summed E-state index contributed by atoms with van der Waals surface area (Å²) in [5, 5.41) is 4.78. The zero-order valence-electron chi connectivity index (χ0n) is 17.6. The fourth-order valence-corrected chi connectivity index (χ4v) is 3.94. The predicted octanol–water partition coefficient (Wildman–Crippen LogP) is 6.88. The summed E-state index contributed by atoms with van der Waals surface area (Å²) in [7, 11) is 0. The Kier molecular flexibility index (Phi) is 7.89. The van der Waals surface area contributed by atoms with Gasteiger partial charge in [-0.1, -0.05) is 59.6 Å². The summed E-state index contributed by atoms with van der Waals surface area (Å²) in [4.78, 5) is 22.8. The molecule has 0 saturated carbocycles. The van der Waals surface area contributed by atoms with Crippen LogP contribution in [0.25, 0.3) is 6.08 Å². The average molecular weight is 454 g/mol. The molecule has 1 N–H and O–H groups in total. The molecular formula is C26H25Cl2NO2. The van der Waals surface area contributed by atoms with Crippen molar-refractivity contribution in [3.63, 3.8) is 0 Å². The van der Waals surface area contributed by atoms with Crippen molar-refractivity contribution in [2.75, 3.05) is 0 Å². The Labute approximate surface area is 193 Å². The Morgan fingerprint density at radius 1 is 1.00 bits per heavy atom. The van der Waals surface area contributed by atoms with E-state index in [9.17, 15) is 9.59 Å².